The number of hydrogen-bond donors (Lipinski definition) is 2. The molecular formula is C25H29FN4O2S. The van der Waals surface area contributed by atoms with Crippen LogP contribution in [-0.2, 0) is 11.2 Å². The molecule has 3 heterocycles. The molecule has 0 saturated carbocycles. The molecule has 2 aromatic carbocycles. The molecule has 8 heteroatoms. The highest BCUT2D eigenvalue weighted by Gasteiger charge is 2.49. The summed E-state index contributed by atoms with van der Waals surface area (Å²) in [6.45, 7) is 3.43. The number of thiazole rings is 1. The number of β-amino-alcohol motifs (C(OH)–C–C–N with tert-alkyl or cyclic N) is 1. The van der Waals surface area contributed by atoms with Gasteiger partial charge >= 0.3 is 0 Å². The van der Waals surface area contributed by atoms with E-state index in [9.17, 15) is 14.3 Å². The Morgan fingerprint density at radius 3 is 2.88 bits per heavy atom. The van der Waals surface area contributed by atoms with Gasteiger partial charge in [0.25, 0.3) is 0 Å². The Morgan fingerprint density at radius 2 is 2.06 bits per heavy atom. The molecule has 5 rings (SSSR count). The lowest BCUT2D eigenvalue weighted by molar-refractivity contribution is -0.120. The minimum absolute atomic E-state index is 0.162. The van der Waals surface area contributed by atoms with Crippen molar-refractivity contribution in [3.8, 4) is 0 Å². The van der Waals surface area contributed by atoms with Crippen LogP contribution < -0.4 is 5.32 Å². The number of halogens is 1. The van der Waals surface area contributed by atoms with Crippen LogP contribution in [0.4, 0.5) is 9.52 Å². The van der Waals surface area contributed by atoms with Crippen LogP contribution in [0.5, 0.6) is 0 Å². The largest absolute Gasteiger partial charge is 0.390 e. The van der Waals surface area contributed by atoms with Crippen molar-refractivity contribution in [2.45, 2.75) is 37.3 Å². The molecular weight excluding hydrogens is 439 g/mol. The van der Waals surface area contributed by atoms with Gasteiger partial charge in [0.1, 0.15) is 5.82 Å². The Balaban J connectivity index is 1.16. The van der Waals surface area contributed by atoms with Crippen molar-refractivity contribution in [1.82, 2.24) is 14.8 Å². The Labute approximate surface area is 197 Å². The van der Waals surface area contributed by atoms with Crippen LogP contribution in [-0.4, -0.2) is 70.2 Å². The van der Waals surface area contributed by atoms with Crippen LogP contribution in [0, 0.1) is 5.82 Å². The fourth-order valence-electron chi connectivity index (χ4n) is 5.34. The zero-order chi connectivity index (χ0) is 22.8. The fraction of sp³-hybridized carbons (Fsp3) is 0.440. The van der Waals surface area contributed by atoms with Crippen molar-refractivity contribution < 1.29 is 14.3 Å². The van der Waals surface area contributed by atoms with E-state index < -0.39 is 6.10 Å². The predicted octanol–water partition coefficient (Wildman–Crippen LogP) is 3.52. The standard InChI is InChI=1S/C25H29FN4O2S/c26-19-7-8-20-21(15-19)33-24(27-20)28-23(32)17-29-14-11-25(22(31)16-29)10-4-12-30(25)13-9-18-5-2-1-3-6-18/h1-3,5-8,15,22,31H,4,9-14,16-17H2,(H,27,28,32)/t22-,25-/m0/s1. The van der Waals surface area contributed by atoms with Crippen LogP contribution in [0.2, 0.25) is 0 Å². The van der Waals surface area contributed by atoms with Gasteiger partial charge in [0.15, 0.2) is 5.13 Å². The van der Waals surface area contributed by atoms with Crippen molar-refractivity contribution in [3.63, 3.8) is 0 Å². The van der Waals surface area contributed by atoms with E-state index in [1.54, 1.807) is 6.07 Å². The average Bonchev–Trinajstić information content (AvgIpc) is 3.39. The van der Waals surface area contributed by atoms with Gasteiger partial charge < -0.3 is 10.4 Å². The first-order chi connectivity index (χ1) is 16.0. The van der Waals surface area contributed by atoms with Crippen LogP contribution >= 0.6 is 11.3 Å². The second-order valence-corrected chi connectivity index (χ2v) is 10.1. The number of amides is 1. The summed E-state index contributed by atoms with van der Waals surface area (Å²) < 4.78 is 14.1. The number of carbonyl (C=O) groups is 1. The Kier molecular flexibility index (Phi) is 6.42. The first-order valence-electron chi connectivity index (χ1n) is 11.6. The van der Waals surface area contributed by atoms with Crippen molar-refractivity contribution >= 4 is 32.6 Å². The number of nitrogens with one attached hydrogen (secondary N) is 1. The van der Waals surface area contributed by atoms with E-state index in [-0.39, 0.29) is 23.8 Å². The molecule has 2 saturated heterocycles. The number of piperidine rings is 1. The van der Waals surface area contributed by atoms with E-state index in [1.165, 1.54) is 29.0 Å². The van der Waals surface area contributed by atoms with E-state index in [2.05, 4.69) is 39.5 Å². The van der Waals surface area contributed by atoms with E-state index in [0.717, 1.165) is 45.3 Å². The van der Waals surface area contributed by atoms with Crippen LogP contribution in [0.1, 0.15) is 24.8 Å². The number of anilines is 1. The van der Waals surface area contributed by atoms with Gasteiger partial charge in [0.2, 0.25) is 5.91 Å². The number of hydrogen-bond acceptors (Lipinski definition) is 6. The normalized spacial score (nSPS) is 24.0. The smallest absolute Gasteiger partial charge is 0.240 e. The quantitative estimate of drug-likeness (QED) is 0.580. The minimum atomic E-state index is -0.484. The lowest BCUT2D eigenvalue weighted by Crippen LogP contribution is -2.62. The Hall–Kier alpha value is -2.39. The summed E-state index contributed by atoms with van der Waals surface area (Å²) >= 11 is 1.26. The van der Waals surface area contributed by atoms with Crippen LogP contribution in [0.3, 0.4) is 0 Å². The van der Waals surface area contributed by atoms with E-state index in [1.807, 2.05) is 11.0 Å². The van der Waals surface area contributed by atoms with E-state index in [4.69, 9.17) is 0 Å². The highest BCUT2D eigenvalue weighted by molar-refractivity contribution is 7.22. The molecule has 1 spiro atoms. The van der Waals surface area contributed by atoms with Gasteiger partial charge in [-0.3, -0.25) is 14.6 Å². The monoisotopic (exact) mass is 468 g/mol. The Bertz CT molecular complexity index is 1120. The van der Waals surface area contributed by atoms with Crippen LogP contribution in [0.15, 0.2) is 48.5 Å². The summed E-state index contributed by atoms with van der Waals surface area (Å²) in [5.41, 5.74) is 1.81. The molecule has 0 bridgehead atoms. The lowest BCUT2D eigenvalue weighted by atomic mass is 9.82. The third-order valence-electron chi connectivity index (χ3n) is 7.06. The zero-order valence-electron chi connectivity index (χ0n) is 18.5. The third-order valence-corrected chi connectivity index (χ3v) is 7.99. The molecule has 0 aliphatic carbocycles. The molecule has 2 fully saturated rings. The maximum atomic E-state index is 13.4. The molecule has 2 aliphatic rings. The fourth-order valence-corrected chi connectivity index (χ4v) is 6.25. The number of aliphatic hydroxyl groups excluding tert-OH is 1. The molecule has 1 aromatic heterocycles. The third kappa shape index (κ3) is 4.80. The molecule has 2 N–H and O–H groups in total. The van der Waals surface area contributed by atoms with Crippen molar-refractivity contribution in [2.24, 2.45) is 0 Å². The molecule has 0 radical (unpaired) electrons. The molecule has 1 amide bonds. The van der Waals surface area contributed by atoms with Gasteiger partial charge in [-0.15, -0.1) is 0 Å². The summed E-state index contributed by atoms with van der Waals surface area (Å²) in [5, 5.41) is 14.5. The van der Waals surface area contributed by atoms with Crippen molar-refractivity contribution in [3.05, 3.63) is 59.9 Å². The molecule has 0 unspecified atom stereocenters. The summed E-state index contributed by atoms with van der Waals surface area (Å²) in [6.07, 6.45) is 3.46. The van der Waals surface area contributed by atoms with Gasteiger partial charge in [-0.25, -0.2) is 9.37 Å². The zero-order valence-corrected chi connectivity index (χ0v) is 19.4. The first kappa shape index (κ1) is 22.4. The van der Waals surface area contributed by atoms with Gasteiger partial charge in [-0.1, -0.05) is 41.7 Å². The summed E-state index contributed by atoms with van der Waals surface area (Å²) in [6, 6.07) is 14.9. The summed E-state index contributed by atoms with van der Waals surface area (Å²) in [4.78, 5) is 21.5. The SMILES string of the molecule is O=C(CN1CC[C@@]2(CCCN2CCc2ccccc2)[C@@H](O)C1)Nc1nc2ccc(F)cc2s1. The molecule has 174 valence electrons. The molecule has 2 atom stereocenters. The molecule has 6 nitrogen and oxygen atoms in total. The molecule has 2 aliphatic heterocycles. The molecule has 3 aromatic rings. The second kappa shape index (κ2) is 9.46. The van der Waals surface area contributed by atoms with Gasteiger partial charge in [-0.05, 0) is 56.0 Å². The Morgan fingerprint density at radius 1 is 1.21 bits per heavy atom. The van der Waals surface area contributed by atoms with E-state index >= 15 is 0 Å². The maximum absolute atomic E-state index is 13.4. The number of nitrogens with zero attached hydrogens (tertiary/aromatic N) is 3. The average molecular weight is 469 g/mol. The number of benzene rings is 2. The first-order valence-corrected chi connectivity index (χ1v) is 12.4. The second-order valence-electron chi connectivity index (χ2n) is 9.11. The van der Waals surface area contributed by atoms with Crippen molar-refractivity contribution in [1.29, 1.82) is 0 Å². The highest BCUT2D eigenvalue weighted by atomic mass is 32.1. The topological polar surface area (TPSA) is 68.7 Å². The summed E-state index contributed by atoms with van der Waals surface area (Å²) in [7, 11) is 0. The molecule has 33 heavy (non-hydrogen) atoms. The lowest BCUT2D eigenvalue weighted by Gasteiger charge is -2.48. The minimum Gasteiger partial charge on any atom is -0.390 e. The van der Waals surface area contributed by atoms with Gasteiger partial charge in [-0.2, -0.15) is 0 Å². The summed E-state index contributed by atoms with van der Waals surface area (Å²) in [5.74, 6) is -0.477. The maximum Gasteiger partial charge on any atom is 0.240 e. The number of likely N-dealkylation sites (tertiary alicyclic amines) is 2. The van der Waals surface area contributed by atoms with Crippen molar-refractivity contribution in [2.75, 3.05) is 38.0 Å². The van der Waals surface area contributed by atoms with Crippen LogP contribution in [0.25, 0.3) is 10.2 Å². The number of rotatable bonds is 6. The predicted molar refractivity (Wildman–Crippen MR) is 129 cm³/mol. The number of fused-ring (bicyclic) bond motifs is 1. The van der Waals surface area contributed by atoms with E-state index in [0.29, 0.717) is 21.9 Å². The number of carbonyl (C=O) groups excluding carboxylic acids is 1. The number of aromatic nitrogens is 1. The van der Waals surface area contributed by atoms with Gasteiger partial charge in [0.05, 0.1) is 22.9 Å². The number of aliphatic hydroxyl groups is 1. The highest BCUT2D eigenvalue weighted by Crippen LogP contribution is 2.38. The van der Waals surface area contributed by atoms with Gasteiger partial charge in [0, 0.05) is 25.2 Å².